The summed E-state index contributed by atoms with van der Waals surface area (Å²) in [6, 6.07) is 23.9. The van der Waals surface area contributed by atoms with Crippen LogP contribution in [-0.2, 0) is 4.74 Å². The van der Waals surface area contributed by atoms with Gasteiger partial charge in [-0.1, -0.05) is 73.3 Å². The minimum Gasteiger partial charge on any atom is -0.477 e. The summed E-state index contributed by atoms with van der Waals surface area (Å²) < 4.78 is 7.23. The zero-order chi connectivity index (χ0) is 24.1. The molecule has 6 rings (SSSR count). The molecule has 4 nitrogen and oxygen atoms in total. The summed E-state index contributed by atoms with van der Waals surface area (Å²) in [5, 5.41) is 15.9. The Labute approximate surface area is 208 Å². The third kappa shape index (κ3) is 3.33. The first kappa shape index (κ1) is 21.5. The first-order valence-electron chi connectivity index (χ1n) is 11.0. The van der Waals surface area contributed by atoms with Crippen molar-refractivity contribution in [1.29, 1.82) is 0 Å². The van der Waals surface area contributed by atoms with Crippen LogP contribution in [0.1, 0.15) is 19.3 Å². The molecule has 0 spiro atoms. The van der Waals surface area contributed by atoms with Crippen molar-refractivity contribution in [2.24, 2.45) is 0 Å². The van der Waals surface area contributed by atoms with E-state index in [9.17, 15) is 14.7 Å². The van der Waals surface area contributed by atoms with Gasteiger partial charge in [0.2, 0.25) is 0 Å². The highest BCUT2D eigenvalue weighted by molar-refractivity contribution is 7.23. The average molecular weight is 495 g/mol. The Morgan fingerprint density at radius 1 is 0.771 bits per heavy atom. The van der Waals surface area contributed by atoms with Gasteiger partial charge in [-0.3, -0.25) is 0 Å². The van der Waals surface area contributed by atoms with E-state index in [1.54, 1.807) is 0 Å². The molecule has 4 aromatic carbocycles. The molecule has 170 valence electrons. The van der Waals surface area contributed by atoms with Crippen LogP contribution < -0.4 is 0 Å². The summed E-state index contributed by atoms with van der Waals surface area (Å²) >= 11 is 2.57. The van der Waals surface area contributed by atoms with Gasteiger partial charge >= 0.3 is 11.9 Å². The van der Waals surface area contributed by atoms with Crippen molar-refractivity contribution in [3.8, 4) is 11.1 Å². The number of rotatable bonds is 5. The Balaban J connectivity index is 1.84. The maximum Gasteiger partial charge on any atom is 0.349 e. The van der Waals surface area contributed by atoms with Crippen LogP contribution in [-0.4, -0.2) is 23.7 Å². The van der Waals surface area contributed by atoms with Crippen molar-refractivity contribution in [3.63, 3.8) is 0 Å². The van der Waals surface area contributed by atoms with Gasteiger partial charge in [0.25, 0.3) is 0 Å². The Hall–Kier alpha value is -4.00. The second-order valence-electron chi connectivity index (χ2n) is 8.12. The molecule has 35 heavy (non-hydrogen) atoms. The molecular weight excluding hydrogens is 476 g/mol. The summed E-state index contributed by atoms with van der Waals surface area (Å²) in [5.41, 5.74) is 1.19. The molecule has 0 amide bonds. The molecule has 1 N–H and O–H groups in total. The Morgan fingerprint density at radius 3 is 1.83 bits per heavy atom. The summed E-state index contributed by atoms with van der Waals surface area (Å²) in [5.74, 6) is -1.50. The fraction of sp³-hybridized carbons (Fsp3) is 0.0345. The molecule has 0 saturated heterocycles. The highest BCUT2D eigenvalue weighted by Gasteiger charge is 2.29. The zero-order valence-corrected chi connectivity index (χ0v) is 20.0. The number of esters is 1. The summed E-state index contributed by atoms with van der Waals surface area (Å²) in [4.78, 5) is 26.5. The summed E-state index contributed by atoms with van der Waals surface area (Å²) in [6.07, 6.45) is 1.52. The van der Waals surface area contributed by atoms with E-state index in [-0.39, 0.29) is 11.5 Å². The Bertz CT molecular complexity index is 1820. The number of fused-ring (bicyclic) bond motifs is 6. The SMILES string of the molecule is C=CCOC(=O)c1sc2ccc3ccccc3c2c1-c1c(C(=O)O)sc2ccc3ccccc3c12. The third-order valence-electron chi connectivity index (χ3n) is 6.12. The van der Waals surface area contributed by atoms with Gasteiger partial charge in [-0.25, -0.2) is 9.59 Å². The summed E-state index contributed by atoms with van der Waals surface area (Å²) in [6.45, 7) is 3.72. The monoisotopic (exact) mass is 494 g/mol. The molecule has 6 aromatic rings. The van der Waals surface area contributed by atoms with Gasteiger partial charge in [0.1, 0.15) is 16.4 Å². The molecule has 0 bridgehead atoms. The van der Waals surface area contributed by atoms with E-state index in [4.69, 9.17) is 4.74 Å². The van der Waals surface area contributed by atoms with Gasteiger partial charge in [0, 0.05) is 31.3 Å². The number of carbonyl (C=O) groups excluding carboxylic acids is 1. The van der Waals surface area contributed by atoms with Crippen LogP contribution in [0.5, 0.6) is 0 Å². The molecule has 0 radical (unpaired) electrons. The third-order valence-corrected chi connectivity index (χ3v) is 8.40. The first-order valence-corrected chi connectivity index (χ1v) is 12.6. The summed E-state index contributed by atoms with van der Waals surface area (Å²) in [7, 11) is 0. The number of carbonyl (C=O) groups is 2. The van der Waals surface area contributed by atoms with Gasteiger partial charge in [0.15, 0.2) is 0 Å². The molecule has 0 unspecified atom stereocenters. The van der Waals surface area contributed by atoms with Crippen LogP contribution in [0.15, 0.2) is 85.5 Å². The van der Waals surface area contributed by atoms with Crippen LogP contribution in [0.2, 0.25) is 0 Å². The van der Waals surface area contributed by atoms with E-state index in [1.807, 2.05) is 72.8 Å². The van der Waals surface area contributed by atoms with Crippen molar-refractivity contribution in [3.05, 3.63) is 95.2 Å². The average Bonchev–Trinajstić information content (AvgIpc) is 3.46. The van der Waals surface area contributed by atoms with E-state index in [0.29, 0.717) is 16.0 Å². The number of hydrogen-bond acceptors (Lipinski definition) is 5. The van der Waals surface area contributed by atoms with Crippen LogP contribution in [0.3, 0.4) is 0 Å². The van der Waals surface area contributed by atoms with E-state index >= 15 is 0 Å². The number of ether oxygens (including phenoxy) is 1. The van der Waals surface area contributed by atoms with Crippen LogP contribution in [0, 0.1) is 0 Å². The molecule has 0 atom stereocenters. The molecule has 2 heterocycles. The molecule has 6 heteroatoms. The number of carboxylic acids is 1. The van der Waals surface area contributed by atoms with E-state index in [2.05, 4.69) is 6.58 Å². The first-order chi connectivity index (χ1) is 17.1. The lowest BCUT2D eigenvalue weighted by molar-refractivity contribution is 0.0555. The van der Waals surface area contributed by atoms with Crippen LogP contribution in [0.25, 0.3) is 52.8 Å². The van der Waals surface area contributed by atoms with Gasteiger partial charge in [-0.05, 0) is 33.7 Å². The maximum atomic E-state index is 13.3. The lowest BCUT2D eigenvalue weighted by atomic mass is 9.93. The van der Waals surface area contributed by atoms with Gasteiger partial charge < -0.3 is 9.84 Å². The highest BCUT2D eigenvalue weighted by Crippen LogP contribution is 2.50. The smallest absolute Gasteiger partial charge is 0.349 e. The zero-order valence-electron chi connectivity index (χ0n) is 18.4. The molecule has 2 aromatic heterocycles. The molecule has 0 aliphatic rings. The minimum atomic E-state index is -1.02. The minimum absolute atomic E-state index is 0.0758. The van der Waals surface area contributed by atoms with Crippen molar-refractivity contribution in [2.45, 2.75) is 0 Å². The largest absolute Gasteiger partial charge is 0.477 e. The van der Waals surface area contributed by atoms with Crippen molar-refractivity contribution < 1.29 is 19.4 Å². The van der Waals surface area contributed by atoms with Crippen molar-refractivity contribution in [1.82, 2.24) is 0 Å². The lowest BCUT2D eigenvalue weighted by Crippen LogP contribution is -2.05. The number of hydrogen-bond donors (Lipinski definition) is 1. The Kier molecular flexibility index (Phi) is 5.13. The normalized spacial score (nSPS) is 11.4. The number of carboxylic acid groups (broad SMARTS) is 1. The second kappa shape index (κ2) is 8.34. The van der Waals surface area contributed by atoms with Gasteiger partial charge in [0.05, 0.1) is 0 Å². The maximum absolute atomic E-state index is 13.3. The van der Waals surface area contributed by atoms with Gasteiger partial charge in [-0.2, -0.15) is 0 Å². The number of aromatic carboxylic acids is 1. The van der Waals surface area contributed by atoms with E-state index < -0.39 is 11.9 Å². The quantitative estimate of drug-likeness (QED) is 0.194. The lowest BCUT2D eigenvalue weighted by Gasteiger charge is -2.09. The van der Waals surface area contributed by atoms with E-state index in [0.717, 1.165) is 41.7 Å². The standard InChI is InChI=1S/C29H18O4S2/c1-2-15-33-29(32)27-25(23-19-10-6-4-8-17(19)12-14-21(23)35-27)24-22-18-9-5-3-7-16(18)11-13-20(22)34-26(24)28(30)31/h2-14H,1,15H2,(H,30,31). The number of benzene rings is 4. The second-order valence-corrected chi connectivity index (χ2v) is 10.2. The van der Waals surface area contributed by atoms with Crippen LogP contribution in [0.4, 0.5) is 0 Å². The molecule has 0 fully saturated rings. The molecule has 0 aliphatic heterocycles. The van der Waals surface area contributed by atoms with Crippen molar-refractivity contribution in [2.75, 3.05) is 6.61 Å². The van der Waals surface area contributed by atoms with E-state index in [1.165, 1.54) is 28.7 Å². The van der Waals surface area contributed by atoms with Crippen molar-refractivity contribution >= 4 is 76.3 Å². The molecular formula is C29H18O4S2. The fourth-order valence-corrected chi connectivity index (χ4v) is 6.89. The van der Waals surface area contributed by atoms with Crippen LogP contribution >= 0.6 is 22.7 Å². The fourth-order valence-electron chi connectivity index (χ4n) is 4.71. The topological polar surface area (TPSA) is 63.6 Å². The highest BCUT2D eigenvalue weighted by atomic mass is 32.1. The van der Waals surface area contributed by atoms with Gasteiger partial charge in [-0.15, -0.1) is 22.7 Å². The predicted octanol–water partition coefficient (Wildman–Crippen LogP) is 8.13. The number of thiophene rings is 2. The molecule has 0 aliphatic carbocycles. The predicted molar refractivity (Wildman–Crippen MR) is 145 cm³/mol. The molecule has 0 saturated carbocycles. The Morgan fingerprint density at radius 2 is 1.29 bits per heavy atom.